The lowest BCUT2D eigenvalue weighted by Crippen LogP contribution is -2.32. The van der Waals surface area contributed by atoms with Gasteiger partial charge in [0.2, 0.25) is 0 Å². The molecule has 1 aliphatic heterocycles. The second-order valence-corrected chi connectivity index (χ2v) is 8.88. The zero-order valence-corrected chi connectivity index (χ0v) is 15.5. The van der Waals surface area contributed by atoms with Crippen LogP contribution in [0.1, 0.15) is 54.0 Å². The van der Waals surface area contributed by atoms with Crippen LogP contribution in [0.3, 0.4) is 0 Å². The molecular weight excluding hydrogens is 288 g/mol. The minimum Gasteiger partial charge on any atom is -0.393 e. The van der Waals surface area contributed by atoms with Crippen LogP contribution in [0.2, 0.25) is 0 Å². The SMILES string of the molecule is CC(C)(C)C.CC(C)(C)C1C(=O)OC(=O)C1Cc1ccccc1. The third kappa shape index (κ3) is 6.55. The fourth-order valence-electron chi connectivity index (χ4n) is 2.56. The van der Waals surface area contributed by atoms with Crippen molar-refractivity contribution < 1.29 is 14.3 Å². The maximum absolute atomic E-state index is 11.8. The van der Waals surface area contributed by atoms with E-state index in [1.807, 2.05) is 51.1 Å². The van der Waals surface area contributed by atoms with Gasteiger partial charge in [0.05, 0.1) is 11.8 Å². The van der Waals surface area contributed by atoms with Gasteiger partial charge in [0.15, 0.2) is 0 Å². The van der Waals surface area contributed by atoms with Crippen molar-refractivity contribution >= 4 is 11.9 Å². The van der Waals surface area contributed by atoms with Crippen molar-refractivity contribution in [3.63, 3.8) is 0 Å². The quantitative estimate of drug-likeness (QED) is 0.589. The van der Waals surface area contributed by atoms with E-state index in [0.717, 1.165) is 5.56 Å². The summed E-state index contributed by atoms with van der Waals surface area (Å²) in [7, 11) is 0. The van der Waals surface area contributed by atoms with Gasteiger partial charge >= 0.3 is 11.9 Å². The number of rotatable bonds is 2. The highest BCUT2D eigenvalue weighted by Crippen LogP contribution is 2.39. The van der Waals surface area contributed by atoms with Crippen LogP contribution in [-0.4, -0.2) is 11.9 Å². The molecule has 1 aromatic carbocycles. The normalized spacial score (nSPS) is 21.5. The zero-order chi connectivity index (χ0) is 17.8. The number of hydrogen-bond donors (Lipinski definition) is 0. The highest BCUT2D eigenvalue weighted by atomic mass is 16.6. The second kappa shape index (κ2) is 7.29. The molecule has 0 amide bonds. The van der Waals surface area contributed by atoms with Crippen LogP contribution < -0.4 is 0 Å². The molecule has 0 radical (unpaired) electrons. The van der Waals surface area contributed by atoms with E-state index in [0.29, 0.717) is 11.8 Å². The molecule has 23 heavy (non-hydrogen) atoms. The molecule has 128 valence electrons. The highest BCUT2D eigenvalue weighted by Gasteiger charge is 2.49. The summed E-state index contributed by atoms with van der Waals surface area (Å²) < 4.78 is 4.81. The van der Waals surface area contributed by atoms with Crippen molar-refractivity contribution in [2.45, 2.75) is 54.9 Å². The number of ether oxygens (including phenoxy) is 1. The molecule has 3 nitrogen and oxygen atoms in total. The molecule has 1 aromatic rings. The summed E-state index contributed by atoms with van der Waals surface area (Å²) in [5.74, 6) is -1.48. The number of esters is 2. The van der Waals surface area contributed by atoms with Gasteiger partial charge in [0, 0.05) is 0 Å². The zero-order valence-electron chi connectivity index (χ0n) is 15.5. The molecule has 0 saturated carbocycles. The van der Waals surface area contributed by atoms with E-state index < -0.39 is 0 Å². The molecule has 2 atom stereocenters. The fraction of sp³-hybridized carbons (Fsp3) is 0.600. The smallest absolute Gasteiger partial charge is 0.318 e. The van der Waals surface area contributed by atoms with Gasteiger partial charge in [-0.2, -0.15) is 0 Å². The molecule has 2 unspecified atom stereocenters. The largest absolute Gasteiger partial charge is 0.393 e. The monoisotopic (exact) mass is 318 g/mol. The molecule has 1 heterocycles. The predicted molar refractivity (Wildman–Crippen MR) is 92.8 cm³/mol. The first kappa shape index (κ1) is 19.4. The van der Waals surface area contributed by atoms with Crippen LogP contribution in [0.25, 0.3) is 0 Å². The number of cyclic esters (lactones) is 2. The van der Waals surface area contributed by atoms with Crippen molar-refractivity contribution in [1.82, 2.24) is 0 Å². The van der Waals surface area contributed by atoms with E-state index >= 15 is 0 Å². The lowest BCUT2D eigenvalue weighted by molar-refractivity contribution is -0.154. The summed E-state index contributed by atoms with van der Waals surface area (Å²) in [6.45, 7) is 14.7. The van der Waals surface area contributed by atoms with E-state index in [1.165, 1.54) is 0 Å². The number of benzene rings is 1. The van der Waals surface area contributed by atoms with E-state index in [-0.39, 0.29) is 29.2 Å². The van der Waals surface area contributed by atoms with E-state index in [9.17, 15) is 9.59 Å². The Balaban J connectivity index is 0.000000463. The molecule has 0 N–H and O–H groups in total. The maximum atomic E-state index is 11.8. The molecule has 1 saturated heterocycles. The summed E-state index contributed by atoms with van der Waals surface area (Å²) in [5, 5.41) is 0. The minimum absolute atomic E-state index is 0.261. The predicted octanol–water partition coefficient (Wildman–Crippen LogP) is 4.64. The fourth-order valence-corrected chi connectivity index (χ4v) is 2.56. The Kier molecular flexibility index (Phi) is 6.15. The van der Waals surface area contributed by atoms with Crippen LogP contribution in [-0.2, 0) is 20.7 Å². The maximum Gasteiger partial charge on any atom is 0.318 e. The number of carbonyl (C=O) groups excluding carboxylic acids is 2. The van der Waals surface area contributed by atoms with Crippen LogP contribution in [0, 0.1) is 22.7 Å². The average molecular weight is 318 g/mol. The Bertz CT molecular complexity index is 526. The second-order valence-electron chi connectivity index (χ2n) is 8.88. The first-order chi connectivity index (χ1) is 10.4. The highest BCUT2D eigenvalue weighted by molar-refractivity contribution is 5.97. The Morgan fingerprint density at radius 1 is 0.870 bits per heavy atom. The van der Waals surface area contributed by atoms with E-state index in [2.05, 4.69) is 27.7 Å². The van der Waals surface area contributed by atoms with Gasteiger partial charge < -0.3 is 4.74 Å². The molecule has 1 aliphatic rings. The average Bonchev–Trinajstić information content (AvgIpc) is 2.63. The molecule has 1 fully saturated rings. The Morgan fingerprint density at radius 2 is 1.35 bits per heavy atom. The molecule has 0 aromatic heterocycles. The Labute approximate surface area is 140 Å². The van der Waals surface area contributed by atoms with Gasteiger partial charge in [0.1, 0.15) is 0 Å². The van der Waals surface area contributed by atoms with E-state index in [4.69, 9.17) is 4.74 Å². The third-order valence-corrected chi connectivity index (χ3v) is 3.39. The van der Waals surface area contributed by atoms with Gasteiger partial charge in [-0.3, -0.25) is 9.59 Å². The topological polar surface area (TPSA) is 43.4 Å². The molecule has 0 aliphatic carbocycles. The van der Waals surface area contributed by atoms with E-state index in [1.54, 1.807) is 0 Å². The van der Waals surface area contributed by atoms with Crippen molar-refractivity contribution in [3.8, 4) is 0 Å². The molecule has 2 rings (SSSR count). The van der Waals surface area contributed by atoms with Gasteiger partial charge in [-0.1, -0.05) is 78.8 Å². The summed E-state index contributed by atoms with van der Waals surface area (Å²) in [6, 6.07) is 9.74. The van der Waals surface area contributed by atoms with Crippen molar-refractivity contribution in [1.29, 1.82) is 0 Å². The molecule has 0 spiro atoms. The first-order valence-electron chi connectivity index (χ1n) is 8.19. The molecule has 0 bridgehead atoms. The number of hydrogen-bond acceptors (Lipinski definition) is 3. The van der Waals surface area contributed by atoms with Gasteiger partial charge in [-0.05, 0) is 22.8 Å². The van der Waals surface area contributed by atoms with Crippen LogP contribution in [0.4, 0.5) is 0 Å². The number of carbonyl (C=O) groups is 2. The lowest BCUT2D eigenvalue weighted by Gasteiger charge is -2.27. The lowest BCUT2D eigenvalue weighted by atomic mass is 9.72. The van der Waals surface area contributed by atoms with Crippen LogP contribution in [0.15, 0.2) is 30.3 Å². The Hall–Kier alpha value is -1.64. The van der Waals surface area contributed by atoms with Crippen LogP contribution >= 0.6 is 0 Å². The summed E-state index contributed by atoms with van der Waals surface area (Å²) in [4.78, 5) is 23.6. The van der Waals surface area contributed by atoms with Crippen LogP contribution in [0.5, 0.6) is 0 Å². The first-order valence-corrected chi connectivity index (χ1v) is 8.19. The third-order valence-electron chi connectivity index (χ3n) is 3.39. The minimum atomic E-state index is -0.385. The van der Waals surface area contributed by atoms with Gasteiger partial charge in [-0.15, -0.1) is 0 Å². The molecular formula is C20H30O3. The van der Waals surface area contributed by atoms with Crippen molar-refractivity contribution in [3.05, 3.63) is 35.9 Å². The Morgan fingerprint density at radius 3 is 1.78 bits per heavy atom. The molecule has 3 heteroatoms. The standard InChI is InChI=1S/C15H18O3.C5H12/c1-15(2,3)12-11(13(16)18-14(12)17)9-10-7-5-4-6-8-10;1-5(2,3)4/h4-8,11-12H,9H2,1-3H3;1-4H3. The van der Waals surface area contributed by atoms with Gasteiger partial charge in [0.25, 0.3) is 0 Å². The summed E-state index contributed by atoms with van der Waals surface area (Å²) in [5.41, 5.74) is 1.30. The van der Waals surface area contributed by atoms with Gasteiger partial charge in [-0.25, -0.2) is 0 Å². The summed E-state index contributed by atoms with van der Waals surface area (Å²) >= 11 is 0. The summed E-state index contributed by atoms with van der Waals surface area (Å²) in [6.07, 6.45) is 0.563. The van der Waals surface area contributed by atoms with Crippen molar-refractivity contribution in [2.75, 3.05) is 0 Å². The van der Waals surface area contributed by atoms with Crippen molar-refractivity contribution in [2.24, 2.45) is 22.7 Å².